The minimum atomic E-state index is -1.19. The third kappa shape index (κ3) is 3.93. The highest BCUT2D eigenvalue weighted by atomic mass is 35.5. The summed E-state index contributed by atoms with van der Waals surface area (Å²) in [6.45, 7) is 5.69. The van der Waals surface area contributed by atoms with Crippen molar-refractivity contribution >= 4 is 28.5 Å². The first kappa shape index (κ1) is 20.7. The van der Waals surface area contributed by atoms with Crippen molar-refractivity contribution < 1.29 is 15.0 Å². The number of pyridine rings is 1. The number of carbonyl (C=O) groups is 1. The molecule has 3 N–H and O–H groups in total. The van der Waals surface area contributed by atoms with Crippen molar-refractivity contribution in [2.45, 2.75) is 26.8 Å². The van der Waals surface area contributed by atoms with E-state index in [4.69, 9.17) is 11.6 Å². The maximum absolute atomic E-state index is 13.1. The molecule has 6 nitrogen and oxygen atoms in total. The van der Waals surface area contributed by atoms with Crippen LogP contribution in [0.4, 0.5) is 4.79 Å². The highest BCUT2D eigenvalue weighted by Crippen LogP contribution is 2.41. The summed E-state index contributed by atoms with van der Waals surface area (Å²) in [6, 6.07) is 11.0. The van der Waals surface area contributed by atoms with E-state index >= 15 is 0 Å². The smallest absolute Gasteiger partial charge is 0.405 e. The summed E-state index contributed by atoms with van der Waals surface area (Å²) in [5, 5.41) is 23.6. The zero-order chi connectivity index (χ0) is 21.5. The Bertz CT molecular complexity index is 1160. The van der Waals surface area contributed by atoms with E-state index in [1.54, 1.807) is 43.4 Å². The van der Waals surface area contributed by atoms with E-state index in [9.17, 15) is 19.8 Å². The van der Waals surface area contributed by atoms with Crippen molar-refractivity contribution in [2.75, 3.05) is 0 Å². The Morgan fingerprint density at radius 3 is 2.41 bits per heavy atom. The summed E-state index contributed by atoms with van der Waals surface area (Å²) in [5.74, 6) is 0.0657. The monoisotopic (exact) mass is 414 g/mol. The van der Waals surface area contributed by atoms with Crippen LogP contribution in [0.5, 0.6) is 5.75 Å². The second-order valence-corrected chi connectivity index (χ2v) is 8.55. The molecule has 3 rings (SSSR count). The lowest BCUT2D eigenvalue weighted by atomic mass is 9.81. The van der Waals surface area contributed by atoms with Crippen molar-refractivity contribution in [3.05, 3.63) is 63.5 Å². The Kier molecular flexibility index (Phi) is 5.32. The fourth-order valence-corrected chi connectivity index (χ4v) is 3.80. The first-order chi connectivity index (χ1) is 13.5. The predicted octanol–water partition coefficient (Wildman–Crippen LogP) is 4.92. The molecule has 0 bridgehead atoms. The molecular weight excluding hydrogens is 392 g/mol. The minimum absolute atomic E-state index is 0.0657. The van der Waals surface area contributed by atoms with Crippen LogP contribution in [0, 0.1) is 5.41 Å². The molecule has 1 unspecified atom stereocenters. The molecule has 1 atom stereocenters. The summed E-state index contributed by atoms with van der Waals surface area (Å²) in [7, 11) is 1.63. The SMILES string of the molecule is Cn1c(C(NC(=O)O)C(C)(C)C)c(-c2cccc(O)c2)c2cc(Cl)ccc2c1=O. The third-order valence-electron chi connectivity index (χ3n) is 4.95. The largest absolute Gasteiger partial charge is 0.508 e. The predicted molar refractivity (Wildman–Crippen MR) is 115 cm³/mol. The zero-order valence-electron chi connectivity index (χ0n) is 16.7. The number of halogens is 1. The number of nitrogens with zero attached hydrogens (tertiary/aromatic N) is 1. The van der Waals surface area contributed by atoms with Gasteiger partial charge in [-0.1, -0.05) is 44.5 Å². The van der Waals surface area contributed by atoms with Gasteiger partial charge in [-0.25, -0.2) is 4.79 Å². The quantitative estimate of drug-likeness (QED) is 0.567. The third-order valence-corrected chi connectivity index (χ3v) is 5.18. The normalized spacial score (nSPS) is 12.7. The van der Waals surface area contributed by atoms with E-state index in [1.807, 2.05) is 26.8 Å². The number of nitrogens with one attached hydrogen (secondary N) is 1. The average Bonchev–Trinajstić information content (AvgIpc) is 2.61. The number of benzene rings is 2. The molecule has 0 saturated carbocycles. The van der Waals surface area contributed by atoms with Gasteiger partial charge in [-0.3, -0.25) is 4.79 Å². The van der Waals surface area contributed by atoms with Crippen LogP contribution < -0.4 is 10.9 Å². The Morgan fingerprint density at radius 2 is 1.83 bits per heavy atom. The van der Waals surface area contributed by atoms with Gasteiger partial charge in [0.2, 0.25) is 0 Å². The number of aromatic hydroxyl groups is 1. The lowest BCUT2D eigenvalue weighted by Crippen LogP contribution is -2.39. The molecule has 3 aromatic rings. The maximum Gasteiger partial charge on any atom is 0.405 e. The lowest BCUT2D eigenvalue weighted by Gasteiger charge is -2.34. The molecule has 7 heteroatoms. The molecule has 0 aliphatic rings. The van der Waals surface area contributed by atoms with Gasteiger partial charge in [-0.05, 0) is 46.7 Å². The van der Waals surface area contributed by atoms with Crippen molar-refractivity contribution in [3.8, 4) is 16.9 Å². The van der Waals surface area contributed by atoms with Gasteiger partial charge >= 0.3 is 6.09 Å². The standard InChI is InChI=1S/C22H23ClN2O4/c1-22(2,3)19(24-21(28)29)18-17(12-6-5-7-14(26)10-12)16-11-13(23)8-9-15(16)20(27)25(18)4/h5-11,19,24,26H,1-4H3,(H,28,29). The molecular formula is C22H23ClN2O4. The Morgan fingerprint density at radius 1 is 1.14 bits per heavy atom. The van der Waals surface area contributed by atoms with Gasteiger partial charge in [-0.2, -0.15) is 0 Å². The zero-order valence-corrected chi connectivity index (χ0v) is 17.4. The molecule has 1 heterocycles. The fraction of sp³-hybridized carbons (Fsp3) is 0.273. The van der Waals surface area contributed by atoms with E-state index in [2.05, 4.69) is 5.32 Å². The molecule has 0 fully saturated rings. The summed E-state index contributed by atoms with van der Waals surface area (Å²) < 4.78 is 1.47. The number of rotatable bonds is 3. The van der Waals surface area contributed by atoms with Crippen LogP contribution in [-0.4, -0.2) is 20.9 Å². The van der Waals surface area contributed by atoms with Crippen molar-refractivity contribution in [1.82, 2.24) is 9.88 Å². The molecule has 0 saturated heterocycles. The van der Waals surface area contributed by atoms with E-state index in [0.29, 0.717) is 32.6 Å². The number of hydrogen-bond acceptors (Lipinski definition) is 3. The average molecular weight is 415 g/mol. The maximum atomic E-state index is 13.1. The summed E-state index contributed by atoms with van der Waals surface area (Å²) in [5.41, 5.74) is 1.02. The number of phenols is 1. The van der Waals surface area contributed by atoms with Crippen molar-refractivity contribution in [3.63, 3.8) is 0 Å². The summed E-state index contributed by atoms with van der Waals surface area (Å²) in [4.78, 5) is 24.7. The van der Waals surface area contributed by atoms with Gasteiger partial charge < -0.3 is 20.1 Å². The number of amides is 1. The van der Waals surface area contributed by atoms with Gasteiger partial charge in [0.25, 0.3) is 5.56 Å². The van der Waals surface area contributed by atoms with Crippen molar-refractivity contribution in [1.29, 1.82) is 0 Å². The highest BCUT2D eigenvalue weighted by molar-refractivity contribution is 6.31. The van der Waals surface area contributed by atoms with Gasteiger partial charge in [0.05, 0.1) is 11.7 Å². The van der Waals surface area contributed by atoms with E-state index < -0.39 is 17.6 Å². The number of hydrogen-bond donors (Lipinski definition) is 3. The molecule has 0 spiro atoms. The van der Waals surface area contributed by atoms with Crippen LogP contribution in [0.3, 0.4) is 0 Å². The Labute approximate surface area is 173 Å². The number of phenolic OH excluding ortho intramolecular Hbond substituents is 1. The summed E-state index contributed by atoms with van der Waals surface area (Å²) in [6.07, 6.45) is -1.19. The van der Waals surface area contributed by atoms with Crippen LogP contribution in [0.1, 0.15) is 32.5 Å². The van der Waals surface area contributed by atoms with Crippen LogP contribution in [0.15, 0.2) is 47.3 Å². The van der Waals surface area contributed by atoms with Gasteiger partial charge in [0, 0.05) is 23.0 Å². The van der Waals surface area contributed by atoms with E-state index in [1.165, 1.54) is 4.57 Å². The highest BCUT2D eigenvalue weighted by Gasteiger charge is 2.33. The molecule has 2 aromatic carbocycles. The van der Waals surface area contributed by atoms with Gasteiger partial charge in [0.15, 0.2) is 0 Å². The number of carboxylic acid groups (broad SMARTS) is 1. The van der Waals surface area contributed by atoms with Gasteiger partial charge in [-0.15, -0.1) is 0 Å². The first-order valence-electron chi connectivity index (χ1n) is 9.11. The fourth-order valence-electron chi connectivity index (χ4n) is 3.63. The lowest BCUT2D eigenvalue weighted by molar-refractivity contribution is 0.173. The second kappa shape index (κ2) is 7.44. The van der Waals surface area contributed by atoms with Crippen LogP contribution >= 0.6 is 11.6 Å². The van der Waals surface area contributed by atoms with E-state index in [0.717, 1.165) is 0 Å². The van der Waals surface area contributed by atoms with Crippen molar-refractivity contribution in [2.24, 2.45) is 12.5 Å². The molecule has 29 heavy (non-hydrogen) atoms. The van der Waals surface area contributed by atoms with E-state index in [-0.39, 0.29) is 11.3 Å². The van der Waals surface area contributed by atoms with Gasteiger partial charge in [0.1, 0.15) is 5.75 Å². The first-order valence-corrected chi connectivity index (χ1v) is 9.49. The Hall–Kier alpha value is -2.99. The molecule has 0 aliphatic heterocycles. The van der Waals surface area contributed by atoms with Crippen LogP contribution in [-0.2, 0) is 7.05 Å². The topological polar surface area (TPSA) is 91.6 Å². The molecule has 1 aromatic heterocycles. The molecule has 1 amide bonds. The second-order valence-electron chi connectivity index (χ2n) is 8.11. The summed E-state index contributed by atoms with van der Waals surface area (Å²) >= 11 is 6.24. The van der Waals surface area contributed by atoms with Crippen LogP contribution in [0.25, 0.3) is 21.9 Å². The van der Waals surface area contributed by atoms with Crippen LogP contribution in [0.2, 0.25) is 5.02 Å². The minimum Gasteiger partial charge on any atom is -0.508 e. The molecule has 0 aliphatic carbocycles. The number of aromatic nitrogens is 1. The molecule has 0 radical (unpaired) electrons. The number of fused-ring (bicyclic) bond motifs is 1. The molecule has 152 valence electrons. The Balaban J connectivity index is 2.54.